The van der Waals surface area contributed by atoms with Gasteiger partial charge in [0.25, 0.3) is 0 Å². The molecule has 0 saturated carbocycles. The van der Waals surface area contributed by atoms with E-state index in [9.17, 15) is 0 Å². The summed E-state index contributed by atoms with van der Waals surface area (Å²) in [5.74, 6) is 0. The predicted octanol–water partition coefficient (Wildman–Crippen LogP) is 5.06. The van der Waals surface area contributed by atoms with Gasteiger partial charge in [0.2, 0.25) is 0 Å². The third kappa shape index (κ3) is 3.80. The molecule has 1 atom stereocenters. The van der Waals surface area contributed by atoms with Gasteiger partial charge in [0.15, 0.2) is 0 Å². The lowest BCUT2D eigenvalue weighted by Crippen LogP contribution is -2.23. The highest BCUT2D eigenvalue weighted by Gasteiger charge is 2.16. The fourth-order valence-corrected chi connectivity index (χ4v) is 3.22. The van der Waals surface area contributed by atoms with Crippen LogP contribution < -0.4 is 5.32 Å². The van der Waals surface area contributed by atoms with E-state index in [1.807, 2.05) is 0 Å². The third-order valence-corrected chi connectivity index (χ3v) is 4.53. The molecule has 0 saturated heterocycles. The van der Waals surface area contributed by atoms with Crippen molar-refractivity contribution in [2.75, 3.05) is 6.54 Å². The van der Waals surface area contributed by atoms with Crippen molar-refractivity contribution in [2.45, 2.75) is 19.9 Å². The van der Waals surface area contributed by atoms with Crippen molar-refractivity contribution in [2.24, 2.45) is 0 Å². The fraction of sp³-hybridized carbons (Fsp3) is 0.250. The van der Waals surface area contributed by atoms with E-state index in [-0.39, 0.29) is 6.04 Å². The molecule has 0 aliphatic carbocycles. The van der Waals surface area contributed by atoms with E-state index < -0.39 is 0 Å². The van der Waals surface area contributed by atoms with Gasteiger partial charge in [0, 0.05) is 8.04 Å². The number of halogens is 2. The number of benzene rings is 2. The van der Waals surface area contributed by atoms with Gasteiger partial charge in [-0.1, -0.05) is 52.7 Å². The maximum atomic E-state index is 3.58. The Balaban J connectivity index is 2.48. The average Bonchev–Trinajstić information content (AvgIpc) is 2.39. The molecule has 2 aromatic carbocycles. The zero-order valence-corrected chi connectivity index (χ0v) is 14.8. The molecule has 0 heterocycles. The van der Waals surface area contributed by atoms with Crippen molar-refractivity contribution in [3.63, 3.8) is 0 Å². The van der Waals surface area contributed by atoms with E-state index in [0.29, 0.717) is 0 Å². The Kier molecular flexibility index (Phi) is 5.42. The molecule has 0 radical (unpaired) electrons. The van der Waals surface area contributed by atoms with Crippen LogP contribution in [-0.4, -0.2) is 6.54 Å². The first-order valence-corrected chi connectivity index (χ1v) is 8.24. The number of nitrogens with one attached hydrogen (secondary N) is 1. The van der Waals surface area contributed by atoms with Crippen LogP contribution >= 0.6 is 38.5 Å². The van der Waals surface area contributed by atoms with Crippen LogP contribution in [0.2, 0.25) is 0 Å². The zero-order chi connectivity index (χ0) is 13.8. The largest absolute Gasteiger partial charge is 0.306 e. The van der Waals surface area contributed by atoms with Crippen molar-refractivity contribution < 1.29 is 0 Å². The molecule has 1 nitrogen and oxygen atoms in total. The van der Waals surface area contributed by atoms with Crippen molar-refractivity contribution in [3.05, 3.63) is 67.2 Å². The first-order valence-electron chi connectivity index (χ1n) is 6.36. The normalized spacial score (nSPS) is 12.4. The van der Waals surface area contributed by atoms with Crippen LogP contribution in [0.4, 0.5) is 0 Å². The Labute approximate surface area is 137 Å². The average molecular weight is 430 g/mol. The molecule has 1 unspecified atom stereocenters. The number of aryl methyl sites for hydroxylation is 1. The fourth-order valence-electron chi connectivity index (χ4n) is 2.20. The second-order valence-corrected chi connectivity index (χ2v) is 6.65. The minimum absolute atomic E-state index is 0.245. The number of hydrogen-bond donors (Lipinski definition) is 1. The predicted molar refractivity (Wildman–Crippen MR) is 93.6 cm³/mol. The van der Waals surface area contributed by atoms with Crippen LogP contribution in [-0.2, 0) is 0 Å². The molecular formula is C16H17BrIN. The van der Waals surface area contributed by atoms with Gasteiger partial charge in [-0.3, -0.25) is 0 Å². The van der Waals surface area contributed by atoms with Crippen molar-refractivity contribution in [1.29, 1.82) is 0 Å². The zero-order valence-electron chi connectivity index (χ0n) is 11.1. The molecule has 3 heteroatoms. The summed E-state index contributed by atoms with van der Waals surface area (Å²) < 4.78 is 2.41. The SMILES string of the molecule is CCNC(c1cccc(C)c1)c1cc(Br)ccc1I. The second kappa shape index (κ2) is 6.86. The van der Waals surface area contributed by atoms with Gasteiger partial charge >= 0.3 is 0 Å². The van der Waals surface area contributed by atoms with Crippen LogP contribution in [0.25, 0.3) is 0 Å². The summed E-state index contributed by atoms with van der Waals surface area (Å²) in [6, 6.07) is 15.4. The number of rotatable bonds is 4. The lowest BCUT2D eigenvalue weighted by Gasteiger charge is -2.21. The summed E-state index contributed by atoms with van der Waals surface area (Å²) in [7, 11) is 0. The minimum Gasteiger partial charge on any atom is -0.306 e. The monoisotopic (exact) mass is 429 g/mol. The Morgan fingerprint density at radius 2 is 2.00 bits per heavy atom. The summed E-state index contributed by atoms with van der Waals surface area (Å²) in [5.41, 5.74) is 3.94. The Hall–Kier alpha value is -0.390. The quantitative estimate of drug-likeness (QED) is 0.669. The molecule has 2 rings (SSSR count). The second-order valence-electron chi connectivity index (χ2n) is 4.57. The standard InChI is InChI=1S/C16H17BrIN/c1-3-19-16(12-6-4-5-11(2)9-12)14-10-13(17)7-8-15(14)18/h4-10,16,19H,3H2,1-2H3. The molecule has 2 aromatic rings. The maximum Gasteiger partial charge on any atom is 0.0587 e. The molecule has 19 heavy (non-hydrogen) atoms. The Morgan fingerprint density at radius 1 is 1.21 bits per heavy atom. The molecule has 0 spiro atoms. The van der Waals surface area contributed by atoms with E-state index in [2.05, 4.69) is 100 Å². The highest BCUT2D eigenvalue weighted by molar-refractivity contribution is 14.1. The van der Waals surface area contributed by atoms with Gasteiger partial charge in [-0.25, -0.2) is 0 Å². The van der Waals surface area contributed by atoms with Crippen molar-refractivity contribution in [1.82, 2.24) is 5.32 Å². The van der Waals surface area contributed by atoms with Crippen LogP contribution in [0, 0.1) is 10.5 Å². The Morgan fingerprint density at radius 3 is 2.68 bits per heavy atom. The van der Waals surface area contributed by atoms with Crippen molar-refractivity contribution in [3.8, 4) is 0 Å². The Bertz CT molecular complexity index is 568. The summed E-state index contributed by atoms with van der Waals surface area (Å²) >= 11 is 5.98. The van der Waals surface area contributed by atoms with E-state index in [0.717, 1.165) is 11.0 Å². The summed E-state index contributed by atoms with van der Waals surface area (Å²) in [6.45, 7) is 5.23. The highest BCUT2D eigenvalue weighted by atomic mass is 127. The van der Waals surface area contributed by atoms with Crippen LogP contribution in [0.15, 0.2) is 46.9 Å². The van der Waals surface area contributed by atoms with Crippen LogP contribution in [0.3, 0.4) is 0 Å². The van der Waals surface area contributed by atoms with Crippen molar-refractivity contribution >= 4 is 38.5 Å². The topological polar surface area (TPSA) is 12.0 Å². The lowest BCUT2D eigenvalue weighted by atomic mass is 9.97. The lowest BCUT2D eigenvalue weighted by molar-refractivity contribution is 0.627. The molecule has 0 fully saturated rings. The van der Waals surface area contributed by atoms with Gasteiger partial charge in [-0.2, -0.15) is 0 Å². The molecule has 1 N–H and O–H groups in total. The first kappa shape index (κ1) is 15.0. The van der Waals surface area contributed by atoms with Crippen LogP contribution in [0.1, 0.15) is 29.7 Å². The molecule has 0 bridgehead atoms. The minimum atomic E-state index is 0.245. The van der Waals surface area contributed by atoms with E-state index >= 15 is 0 Å². The van der Waals surface area contributed by atoms with Gasteiger partial charge in [-0.05, 0) is 65.4 Å². The molecule has 100 valence electrons. The first-order chi connectivity index (χ1) is 9.11. The maximum absolute atomic E-state index is 3.58. The van der Waals surface area contributed by atoms with E-state index in [1.54, 1.807) is 0 Å². The molecule has 0 aliphatic heterocycles. The van der Waals surface area contributed by atoms with Gasteiger partial charge in [0.05, 0.1) is 6.04 Å². The molecule has 0 amide bonds. The van der Waals surface area contributed by atoms with Crippen LogP contribution in [0.5, 0.6) is 0 Å². The van der Waals surface area contributed by atoms with E-state index in [1.165, 1.54) is 20.3 Å². The van der Waals surface area contributed by atoms with Gasteiger partial charge in [-0.15, -0.1) is 0 Å². The summed E-state index contributed by atoms with van der Waals surface area (Å²) in [5, 5.41) is 3.58. The molecule has 0 aromatic heterocycles. The smallest absolute Gasteiger partial charge is 0.0587 e. The third-order valence-electron chi connectivity index (χ3n) is 3.05. The summed E-state index contributed by atoms with van der Waals surface area (Å²) in [6.07, 6.45) is 0. The molecular weight excluding hydrogens is 413 g/mol. The van der Waals surface area contributed by atoms with Gasteiger partial charge < -0.3 is 5.32 Å². The number of hydrogen-bond acceptors (Lipinski definition) is 1. The summed E-state index contributed by atoms with van der Waals surface area (Å²) in [4.78, 5) is 0. The van der Waals surface area contributed by atoms with E-state index in [4.69, 9.17) is 0 Å². The van der Waals surface area contributed by atoms with Gasteiger partial charge in [0.1, 0.15) is 0 Å². The molecule has 0 aliphatic rings. The highest BCUT2D eigenvalue weighted by Crippen LogP contribution is 2.29.